The Morgan fingerprint density at radius 3 is 1.52 bits per heavy atom. The number of nitrogens with one attached hydrogen (secondary N) is 2. The SMILES string of the molecule is CCCCCCCCOc1cc(OCCCCCCCC)c(C(=O)NCC(=O)OCC)cc1C(=O)NCCCCCC. The maximum Gasteiger partial charge on any atom is 0.325 e. The van der Waals surface area contributed by atoms with Crippen LogP contribution >= 0.6 is 0 Å². The second-order valence-electron chi connectivity index (χ2n) is 10.9. The number of carbonyl (C=O) groups excluding carboxylic acids is 3. The quantitative estimate of drug-likeness (QED) is 0.0844. The molecule has 1 aromatic carbocycles. The van der Waals surface area contributed by atoms with Crippen molar-refractivity contribution in [2.24, 2.45) is 0 Å². The Morgan fingerprint density at radius 1 is 0.571 bits per heavy atom. The minimum absolute atomic E-state index is 0.202. The molecule has 0 saturated heterocycles. The van der Waals surface area contributed by atoms with Gasteiger partial charge in [0, 0.05) is 12.6 Å². The summed E-state index contributed by atoms with van der Waals surface area (Å²) < 4.78 is 17.2. The highest BCUT2D eigenvalue weighted by molar-refractivity contribution is 6.04. The third kappa shape index (κ3) is 16.6. The van der Waals surface area contributed by atoms with E-state index >= 15 is 0 Å². The van der Waals surface area contributed by atoms with Crippen molar-refractivity contribution < 1.29 is 28.6 Å². The summed E-state index contributed by atoms with van der Waals surface area (Å²) in [5, 5.41) is 5.60. The Labute approximate surface area is 255 Å². The average molecular weight is 591 g/mol. The van der Waals surface area contributed by atoms with E-state index < -0.39 is 11.9 Å². The molecule has 0 heterocycles. The number of benzene rings is 1. The molecule has 8 nitrogen and oxygen atoms in total. The van der Waals surface area contributed by atoms with Gasteiger partial charge in [0.15, 0.2) is 0 Å². The molecule has 0 aromatic heterocycles. The van der Waals surface area contributed by atoms with Crippen molar-refractivity contribution in [2.75, 3.05) is 32.9 Å². The van der Waals surface area contributed by atoms with Gasteiger partial charge in [-0.3, -0.25) is 14.4 Å². The molecule has 2 amide bonds. The highest BCUT2D eigenvalue weighted by atomic mass is 16.5. The van der Waals surface area contributed by atoms with Crippen molar-refractivity contribution in [3.05, 3.63) is 23.3 Å². The van der Waals surface area contributed by atoms with Gasteiger partial charge in [0.1, 0.15) is 18.0 Å². The molecular formula is C34H58N2O6. The number of hydrogen-bond donors (Lipinski definition) is 2. The predicted molar refractivity (Wildman–Crippen MR) is 170 cm³/mol. The lowest BCUT2D eigenvalue weighted by molar-refractivity contribution is -0.141. The maximum atomic E-state index is 13.3. The van der Waals surface area contributed by atoms with Crippen molar-refractivity contribution in [2.45, 2.75) is 130 Å². The zero-order valence-corrected chi connectivity index (χ0v) is 27.0. The fraction of sp³-hybridized carbons (Fsp3) is 0.735. The van der Waals surface area contributed by atoms with Gasteiger partial charge in [0.2, 0.25) is 0 Å². The van der Waals surface area contributed by atoms with Crippen LogP contribution in [0.3, 0.4) is 0 Å². The molecule has 2 N–H and O–H groups in total. The van der Waals surface area contributed by atoms with Gasteiger partial charge in [0.05, 0.1) is 30.9 Å². The molecule has 0 bridgehead atoms. The van der Waals surface area contributed by atoms with Gasteiger partial charge in [-0.15, -0.1) is 0 Å². The van der Waals surface area contributed by atoms with E-state index in [4.69, 9.17) is 14.2 Å². The summed E-state index contributed by atoms with van der Waals surface area (Å²) >= 11 is 0. The van der Waals surface area contributed by atoms with Crippen molar-refractivity contribution in [3.8, 4) is 11.5 Å². The largest absolute Gasteiger partial charge is 0.493 e. The van der Waals surface area contributed by atoms with E-state index in [1.807, 2.05) is 0 Å². The first-order valence-electron chi connectivity index (χ1n) is 16.6. The summed E-state index contributed by atoms with van der Waals surface area (Å²) in [4.78, 5) is 38.4. The first-order chi connectivity index (χ1) is 20.5. The minimum Gasteiger partial charge on any atom is -0.493 e. The van der Waals surface area contributed by atoms with Crippen LogP contribution < -0.4 is 20.1 Å². The van der Waals surface area contributed by atoms with Crippen LogP contribution in [0.5, 0.6) is 11.5 Å². The lowest BCUT2D eigenvalue weighted by Gasteiger charge is -2.18. The minimum atomic E-state index is -0.524. The molecule has 240 valence electrons. The molecule has 42 heavy (non-hydrogen) atoms. The zero-order chi connectivity index (χ0) is 30.8. The molecule has 0 aliphatic heterocycles. The van der Waals surface area contributed by atoms with Gasteiger partial charge in [-0.05, 0) is 32.3 Å². The Bertz CT molecular complexity index is 889. The zero-order valence-electron chi connectivity index (χ0n) is 27.0. The summed E-state index contributed by atoms with van der Waals surface area (Å²) in [6, 6.07) is 3.20. The third-order valence-electron chi connectivity index (χ3n) is 7.10. The molecule has 0 fully saturated rings. The van der Waals surface area contributed by atoms with Crippen LogP contribution in [0.25, 0.3) is 0 Å². The van der Waals surface area contributed by atoms with E-state index in [9.17, 15) is 14.4 Å². The molecular weight excluding hydrogens is 532 g/mol. The van der Waals surface area contributed by atoms with Gasteiger partial charge >= 0.3 is 5.97 Å². The van der Waals surface area contributed by atoms with Crippen LogP contribution in [-0.4, -0.2) is 50.7 Å². The smallest absolute Gasteiger partial charge is 0.325 e. The van der Waals surface area contributed by atoms with Crippen LogP contribution in [0, 0.1) is 0 Å². The van der Waals surface area contributed by atoms with Crippen LogP contribution in [-0.2, 0) is 9.53 Å². The lowest BCUT2D eigenvalue weighted by Crippen LogP contribution is -2.31. The third-order valence-corrected chi connectivity index (χ3v) is 7.10. The van der Waals surface area contributed by atoms with Gasteiger partial charge in [-0.2, -0.15) is 0 Å². The number of carbonyl (C=O) groups is 3. The number of rotatable bonds is 26. The van der Waals surface area contributed by atoms with Crippen LogP contribution in [0.2, 0.25) is 0 Å². The summed E-state index contributed by atoms with van der Waals surface area (Å²) in [6.07, 6.45) is 17.6. The molecule has 1 rings (SSSR count). The standard InChI is InChI=1S/C34H58N2O6/c1-5-9-12-15-17-20-23-41-30-26-31(42-24-21-18-16-13-10-6-2)29(34(39)36-27-32(37)40-8-4)25-28(30)33(38)35-22-19-14-11-7-3/h25-26H,5-24,27H2,1-4H3,(H,35,38)(H,36,39). The Balaban J connectivity index is 3.12. The molecule has 0 aliphatic rings. The summed E-state index contributed by atoms with van der Waals surface area (Å²) in [5.74, 6) is -0.548. The maximum absolute atomic E-state index is 13.3. The van der Waals surface area contributed by atoms with Crippen molar-refractivity contribution >= 4 is 17.8 Å². The van der Waals surface area contributed by atoms with Crippen molar-refractivity contribution in [1.82, 2.24) is 10.6 Å². The van der Waals surface area contributed by atoms with Gasteiger partial charge < -0.3 is 24.8 Å². The van der Waals surface area contributed by atoms with Crippen molar-refractivity contribution in [1.29, 1.82) is 0 Å². The normalized spacial score (nSPS) is 10.8. The number of hydrogen-bond acceptors (Lipinski definition) is 6. The van der Waals surface area contributed by atoms with Gasteiger partial charge in [-0.1, -0.05) is 104 Å². The fourth-order valence-electron chi connectivity index (χ4n) is 4.59. The van der Waals surface area contributed by atoms with E-state index in [1.54, 1.807) is 13.0 Å². The lowest BCUT2D eigenvalue weighted by atomic mass is 10.1. The van der Waals surface area contributed by atoms with Gasteiger partial charge in [-0.25, -0.2) is 0 Å². The monoisotopic (exact) mass is 590 g/mol. The molecule has 1 aromatic rings. The van der Waals surface area contributed by atoms with E-state index in [0.29, 0.717) is 36.8 Å². The van der Waals surface area contributed by atoms with Crippen LogP contribution in [0.15, 0.2) is 12.1 Å². The van der Waals surface area contributed by atoms with E-state index in [1.165, 1.54) is 44.6 Å². The highest BCUT2D eigenvalue weighted by Crippen LogP contribution is 2.30. The molecule has 8 heteroatoms. The van der Waals surface area contributed by atoms with E-state index in [0.717, 1.165) is 64.2 Å². The second kappa shape index (κ2) is 24.8. The number of esters is 1. The average Bonchev–Trinajstić information content (AvgIpc) is 2.98. The highest BCUT2D eigenvalue weighted by Gasteiger charge is 2.22. The number of ether oxygens (including phenoxy) is 3. The second-order valence-corrected chi connectivity index (χ2v) is 10.9. The van der Waals surface area contributed by atoms with Crippen molar-refractivity contribution in [3.63, 3.8) is 0 Å². The number of amides is 2. The van der Waals surface area contributed by atoms with E-state index in [-0.39, 0.29) is 24.6 Å². The molecule has 0 atom stereocenters. The van der Waals surface area contributed by atoms with Crippen LogP contribution in [0.1, 0.15) is 151 Å². The molecule has 0 radical (unpaired) electrons. The summed E-state index contributed by atoms with van der Waals surface area (Å²) in [5.41, 5.74) is 0.498. The molecule has 0 aliphatic carbocycles. The van der Waals surface area contributed by atoms with Crippen LogP contribution in [0.4, 0.5) is 0 Å². The first-order valence-corrected chi connectivity index (χ1v) is 16.6. The fourth-order valence-corrected chi connectivity index (χ4v) is 4.59. The first kappa shape index (κ1) is 37.3. The molecule has 0 spiro atoms. The topological polar surface area (TPSA) is 103 Å². The molecule has 0 saturated carbocycles. The Kier molecular flexibility index (Phi) is 22.0. The summed E-state index contributed by atoms with van der Waals surface area (Å²) in [7, 11) is 0. The molecule has 0 unspecified atom stereocenters. The Hall–Kier alpha value is -2.77. The number of unbranched alkanes of at least 4 members (excludes halogenated alkanes) is 13. The van der Waals surface area contributed by atoms with Gasteiger partial charge in [0.25, 0.3) is 11.8 Å². The van der Waals surface area contributed by atoms with E-state index in [2.05, 4.69) is 31.4 Å². The summed E-state index contributed by atoms with van der Waals surface area (Å²) in [6.45, 7) is 9.70. The Morgan fingerprint density at radius 2 is 1.02 bits per heavy atom. The predicted octanol–water partition coefficient (Wildman–Crippen LogP) is 7.77.